The molecule has 3 rings (SSSR count). The van der Waals surface area contributed by atoms with Crippen molar-refractivity contribution in [2.45, 2.75) is 24.2 Å². The van der Waals surface area contributed by atoms with Gasteiger partial charge >= 0.3 is 0 Å². The number of halogens is 1. The Hall–Kier alpha value is -1.89. The monoisotopic (exact) mass is 403 g/mol. The number of carbonyl (C=O) groups is 1. The lowest BCUT2D eigenvalue weighted by molar-refractivity contribution is -0.115. The van der Waals surface area contributed by atoms with Gasteiger partial charge in [-0.25, -0.2) is 0 Å². The van der Waals surface area contributed by atoms with Crippen molar-refractivity contribution in [3.05, 3.63) is 70.2 Å². The van der Waals surface area contributed by atoms with Gasteiger partial charge in [-0.2, -0.15) is 0 Å². The van der Waals surface area contributed by atoms with Crippen molar-refractivity contribution < 1.29 is 4.79 Å². The Morgan fingerprint density at radius 1 is 1.04 bits per heavy atom. The zero-order valence-corrected chi connectivity index (χ0v) is 16.4. The molecular formula is C19H18ClN3OS2. The van der Waals surface area contributed by atoms with Crippen LogP contribution in [-0.2, 0) is 17.6 Å². The van der Waals surface area contributed by atoms with Gasteiger partial charge in [-0.15, -0.1) is 22.0 Å². The van der Waals surface area contributed by atoms with E-state index in [0.29, 0.717) is 22.3 Å². The second-order valence-corrected chi connectivity index (χ2v) is 8.25. The van der Waals surface area contributed by atoms with Crippen LogP contribution in [-0.4, -0.2) is 21.9 Å². The summed E-state index contributed by atoms with van der Waals surface area (Å²) in [5.74, 6) is 0.657. The van der Waals surface area contributed by atoms with Crippen LogP contribution in [0.5, 0.6) is 0 Å². The van der Waals surface area contributed by atoms with E-state index >= 15 is 0 Å². The number of rotatable bonds is 8. The molecule has 0 radical (unpaired) electrons. The summed E-state index contributed by atoms with van der Waals surface area (Å²) in [7, 11) is 0. The topological polar surface area (TPSA) is 54.9 Å². The Kier molecular flexibility index (Phi) is 7.05. The van der Waals surface area contributed by atoms with Crippen LogP contribution in [0.1, 0.15) is 17.0 Å². The van der Waals surface area contributed by atoms with Gasteiger partial charge in [0.05, 0.1) is 0 Å². The van der Waals surface area contributed by atoms with Crippen molar-refractivity contribution in [3.63, 3.8) is 0 Å². The van der Waals surface area contributed by atoms with E-state index in [1.807, 2.05) is 42.5 Å². The van der Waals surface area contributed by atoms with E-state index in [-0.39, 0.29) is 5.91 Å². The minimum absolute atomic E-state index is 0.0442. The molecule has 1 amide bonds. The number of aromatic nitrogens is 2. The second kappa shape index (κ2) is 9.71. The first-order valence-corrected chi connectivity index (χ1v) is 10.4. The zero-order chi connectivity index (χ0) is 18.2. The normalized spacial score (nSPS) is 10.7. The average molecular weight is 404 g/mol. The molecule has 1 heterocycles. The van der Waals surface area contributed by atoms with Crippen LogP contribution in [0, 0.1) is 0 Å². The number of hydrogen-bond donors (Lipinski definition) is 1. The summed E-state index contributed by atoms with van der Waals surface area (Å²) in [6.07, 6.45) is 2.16. The minimum Gasteiger partial charge on any atom is -0.301 e. The predicted molar refractivity (Wildman–Crippen MR) is 109 cm³/mol. The van der Waals surface area contributed by atoms with Crippen LogP contribution in [0.25, 0.3) is 0 Å². The first-order valence-electron chi connectivity index (χ1n) is 8.23. The van der Waals surface area contributed by atoms with Crippen LogP contribution in [0.4, 0.5) is 5.13 Å². The number of anilines is 1. The van der Waals surface area contributed by atoms with Gasteiger partial charge in [-0.05, 0) is 36.2 Å². The molecule has 2 aromatic carbocycles. The van der Waals surface area contributed by atoms with Crippen LogP contribution in [0.3, 0.4) is 0 Å². The molecule has 0 saturated carbocycles. The van der Waals surface area contributed by atoms with E-state index in [1.165, 1.54) is 16.9 Å². The number of hydrogen-bond acceptors (Lipinski definition) is 5. The molecule has 0 spiro atoms. The van der Waals surface area contributed by atoms with Gasteiger partial charge in [0.25, 0.3) is 0 Å². The molecule has 134 valence electrons. The fourth-order valence-electron chi connectivity index (χ4n) is 2.28. The van der Waals surface area contributed by atoms with Gasteiger partial charge in [0.1, 0.15) is 5.01 Å². The van der Waals surface area contributed by atoms with Gasteiger partial charge < -0.3 is 5.32 Å². The largest absolute Gasteiger partial charge is 0.301 e. The molecule has 0 bridgehead atoms. The van der Waals surface area contributed by atoms with Gasteiger partial charge in [-0.3, -0.25) is 4.79 Å². The Bertz CT molecular complexity index is 838. The van der Waals surface area contributed by atoms with E-state index < -0.39 is 0 Å². The summed E-state index contributed by atoms with van der Waals surface area (Å²) in [4.78, 5) is 13.1. The number of thioether (sulfide) groups is 1. The quantitative estimate of drug-likeness (QED) is 0.532. The molecule has 0 aliphatic carbocycles. The summed E-state index contributed by atoms with van der Waals surface area (Å²) in [5, 5.41) is 13.3. The minimum atomic E-state index is -0.0442. The highest BCUT2D eigenvalue weighted by Crippen LogP contribution is 2.22. The first-order chi connectivity index (χ1) is 12.7. The molecule has 26 heavy (non-hydrogen) atoms. The molecule has 0 saturated heterocycles. The number of nitrogens with zero attached hydrogens (tertiary/aromatic N) is 2. The zero-order valence-electron chi connectivity index (χ0n) is 14.0. The summed E-state index contributed by atoms with van der Waals surface area (Å²) in [5.41, 5.74) is 1.27. The van der Waals surface area contributed by atoms with E-state index in [2.05, 4.69) is 27.6 Å². The van der Waals surface area contributed by atoms with E-state index in [0.717, 1.165) is 22.7 Å². The Balaban J connectivity index is 1.40. The molecule has 3 aromatic rings. The lowest BCUT2D eigenvalue weighted by Crippen LogP contribution is -2.11. The van der Waals surface area contributed by atoms with Crippen molar-refractivity contribution in [2.24, 2.45) is 0 Å². The van der Waals surface area contributed by atoms with Crippen LogP contribution >= 0.6 is 34.7 Å². The number of carbonyl (C=O) groups excluding carboxylic acids is 1. The maximum Gasteiger partial charge on any atom is 0.227 e. The third-order valence-corrected chi connectivity index (χ3v) is 5.76. The Labute approximate surface area is 166 Å². The summed E-state index contributed by atoms with van der Waals surface area (Å²) >= 11 is 8.92. The SMILES string of the molecule is O=C(CCSc1ccc(Cl)cc1)Nc1nnc(CCc2ccccc2)s1. The van der Waals surface area contributed by atoms with Crippen LogP contribution in [0.2, 0.25) is 5.02 Å². The highest BCUT2D eigenvalue weighted by Gasteiger charge is 2.08. The van der Waals surface area contributed by atoms with Crippen molar-refractivity contribution in [1.82, 2.24) is 10.2 Å². The Morgan fingerprint density at radius 3 is 2.58 bits per heavy atom. The third-order valence-electron chi connectivity index (χ3n) is 3.60. The molecule has 0 aliphatic heterocycles. The highest BCUT2D eigenvalue weighted by atomic mass is 35.5. The number of nitrogens with one attached hydrogen (secondary N) is 1. The number of benzene rings is 2. The van der Waals surface area contributed by atoms with Gasteiger partial charge in [-0.1, -0.05) is 53.3 Å². The lowest BCUT2D eigenvalue weighted by Gasteiger charge is -2.02. The van der Waals surface area contributed by atoms with Crippen molar-refractivity contribution in [1.29, 1.82) is 0 Å². The molecule has 0 atom stereocenters. The smallest absolute Gasteiger partial charge is 0.227 e. The van der Waals surface area contributed by atoms with E-state index in [9.17, 15) is 4.79 Å². The van der Waals surface area contributed by atoms with Crippen molar-refractivity contribution in [3.8, 4) is 0 Å². The molecule has 0 unspecified atom stereocenters. The summed E-state index contributed by atoms with van der Waals surface area (Å²) < 4.78 is 0. The fourth-order valence-corrected chi connectivity index (χ4v) is 4.01. The number of amides is 1. The average Bonchev–Trinajstić information content (AvgIpc) is 3.10. The molecule has 7 heteroatoms. The van der Waals surface area contributed by atoms with Gasteiger partial charge in [0.2, 0.25) is 11.0 Å². The molecule has 0 fully saturated rings. The molecule has 1 N–H and O–H groups in total. The van der Waals surface area contributed by atoms with Crippen LogP contribution in [0.15, 0.2) is 59.5 Å². The maximum atomic E-state index is 12.0. The molecule has 1 aromatic heterocycles. The van der Waals surface area contributed by atoms with E-state index in [1.54, 1.807) is 11.8 Å². The van der Waals surface area contributed by atoms with Crippen molar-refractivity contribution in [2.75, 3.05) is 11.1 Å². The van der Waals surface area contributed by atoms with Gasteiger partial charge in [0, 0.05) is 28.5 Å². The second-order valence-electron chi connectivity index (χ2n) is 5.59. The van der Waals surface area contributed by atoms with Crippen LogP contribution < -0.4 is 5.32 Å². The highest BCUT2D eigenvalue weighted by molar-refractivity contribution is 7.99. The Morgan fingerprint density at radius 2 is 1.81 bits per heavy atom. The standard InChI is InChI=1S/C19H18ClN3OS2/c20-15-7-9-16(10-8-15)25-13-12-17(24)21-19-23-22-18(26-19)11-6-14-4-2-1-3-5-14/h1-5,7-10H,6,11-13H2,(H,21,23,24). The molecule has 4 nitrogen and oxygen atoms in total. The summed E-state index contributed by atoms with van der Waals surface area (Å²) in [6, 6.07) is 17.9. The number of aryl methyl sites for hydroxylation is 2. The first kappa shape index (κ1) is 18.9. The third kappa shape index (κ3) is 6.12. The fraction of sp³-hybridized carbons (Fsp3) is 0.211. The summed E-state index contributed by atoms with van der Waals surface area (Å²) in [6.45, 7) is 0. The molecule has 0 aliphatic rings. The van der Waals surface area contributed by atoms with Gasteiger partial charge in [0.15, 0.2) is 0 Å². The molecular weight excluding hydrogens is 386 g/mol. The lowest BCUT2D eigenvalue weighted by atomic mass is 10.1. The maximum absolute atomic E-state index is 12.0. The predicted octanol–water partition coefficient (Wildman–Crippen LogP) is 5.10. The van der Waals surface area contributed by atoms with E-state index in [4.69, 9.17) is 11.6 Å². The van der Waals surface area contributed by atoms with Crippen molar-refractivity contribution >= 4 is 45.7 Å².